The minimum absolute atomic E-state index is 0.199. The fourth-order valence-electron chi connectivity index (χ4n) is 14.0. The molecule has 10 nitrogen and oxygen atoms in total. The maximum atomic E-state index is 11.9. The van der Waals surface area contributed by atoms with Gasteiger partial charge in [0.1, 0.15) is 40.2 Å². The molecular weight excluding hydrogens is 1700 g/mol. The standard InChI is InChI=1S/C54H66O4S2.C28H43BO4S.C16H16I2O2/c1-31(2)37-25-41(33(5)6)49(42(26-37)34(7)8)45-29-59-53(51(45)55)39-19-13-15-21-47(39)57-23-17-18-24-58-48-22-16-14-20-40(48)54-52(56)46(30-60-54)50-43(35(9)10)27-38(32(3)4)28-44(50)36(11)12;1-12-30-16-31-25-23(15-34-26(25)29-32-27(8,9)28(10,11)33-29)24-21(18(4)5)13-20(17(2)3)14-22(24)19(6)7;17-13-7-1-3-9-15(13)19-11-5-6-12-20-16-10-4-2-8-14(16)18/h13-16,19-22,25-36,55-56H,17-18,23-24H2,1-12H3;13-15,17-19H,12,16H2,1-11H3;1-4,7-10H,5-6,11-12H2. The molecule has 0 aliphatic carbocycles. The molecule has 7 aromatic carbocycles. The van der Waals surface area contributed by atoms with Gasteiger partial charge in [0.15, 0.2) is 6.79 Å². The Morgan fingerprint density at radius 1 is 0.368 bits per heavy atom. The maximum Gasteiger partial charge on any atom is 0.509 e. The lowest BCUT2D eigenvalue weighted by Gasteiger charge is -2.32. The fourth-order valence-corrected chi connectivity index (χ4v) is 18.0. The monoisotopic (exact) mass is 1820 g/mol. The van der Waals surface area contributed by atoms with Crippen molar-refractivity contribution in [1.29, 1.82) is 0 Å². The van der Waals surface area contributed by atoms with Gasteiger partial charge in [-0.15, -0.1) is 34.0 Å². The van der Waals surface area contributed by atoms with Gasteiger partial charge in [0.05, 0.1) is 59.3 Å². The molecule has 1 saturated heterocycles. The third-order valence-electron chi connectivity index (χ3n) is 21.5. The molecule has 4 heterocycles. The third kappa shape index (κ3) is 22.5. The van der Waals surface area contributed by atoms with E-state index >= 15 is 0 Å². The first kappa shape index (κ1) is 91.5. The highest BCUT2D eigenvalue weighted by Crippen LogP contribution is 2.53. The molecule has 3 aromatic heterocycles. The van der Waals surface area contributed by atoms with E-state index in [1.165, 1.54) is 55.6 Å². The smallest absolute Gasteiger partial charge is 0.506 e. The lowest BCUT2D eigenvalue weighted by Crippen LogP contribution is -2.41. The van der Waals surface area contributed by atoms with Gasteiger partial charge >= 0.3 is 7.12 Å². The predicted octanol–water partition coefficient (Wildman–Crippen LogP) is 29.5. The molecule has 1 fully saturated rings. The van der Waals surface area contributed by atoms with Gasteiger partial charge in [0.2, 0.25) is 0 Å². The molecule has 1 aliphatic heterocycles. The molecule has 0 bridgehead atoms. The van der Waals surface area contributed by atoms with Crippen LogP contribution in [0.2, 0.25) is 0 Å². The van der Waals surface area contributed by atoms with E-state index in [0.29, 0.717) is 84.6 Å². The van der Waals surface area contributed by atoms with Crippen molar-refractivity contribution in [2.75, 3.05) is 39.8 Å². The Balaban J connectivity index is 0.000000229. The van der Waals surface area contributed by atoms with Crippen LogP contribution in [0.15, 0.2) is 150 Å². The van der Waals surface area contributed by atoms with E-state index in [0.717, 1.165) is 128 Å². The van der Waals surface area contributed by atoms with Gasteiger partial charge in [-0.2, -0.15) is 0 Å². The van der Waals surface area contributed by atoms with E-state index in [9.17, 15) is 10.2 Å². The van der Waals surface area contributed by atoms with Crippen molar-refractivity contribution >= 4 is 91.1 Å². The summed E-state index contributed by atoms with van der Waals surface area (Å²) in [6.45, 7) is 54.2. The van der Waals surface area contributed by atoms with E-state index in [-0.39, 0.29) is 6.79 Å². The number of hydrogen-bond donors (Lipinski definition) is 2. The summed E-state index contributed by atoms with van der Waals surface area (Å²) in [5.41, 5.74) is 19.4. The molecule has 1 aliphatic rings. The van der Waals surface area contributed by atoms with Crippen molar-refractivity contribution in [2.45, 2.75) is 249 Å². The van der Waals surface area contributed by atoms with Gasteiger partial charge < -0.3 is 47.9 Å². The van der Waals surface area contributed by atoms with Gasteiger partial charge in [-0.05, 0) is 274 Å². The van der Waals surface area contributed by atoms with Crippen LogP contribution in [-0.2, 0) is 14.0 Å². The van der Waals surface area contributed by atoms with Crippen molar-refractivity contribution < 1.29 is 47.9 Å². The zero-order valence-electron chi connectivity index (χ0n) is 71.9. The molecule has 16 heteroatoms. The average molecular weight is 1820 g/mol. The highest BCUT2D eigenvalue weighted by Gasteiger charge is 2.53. The van der Waals surface area contributed by atoms with Crippen LogP contribution in [-0.4, -0.2) is 68.4 Å². The average Bonchev–Trinajstić information content (AvgIpc) is 1.54. The summed E-state index contributed by atoms with van der Waals surface area (Å²) in [4.78, 5) is 1.65. The molecule has 10 aromatic rings. The molecule has 0 atom stereocenters. The van der Waals surface area contributed by atoms with Crippen LogP contribution < -0.4 is 28.5 Å². The number of aromatic hydroxyl groups is 2. The molecule has 0 amide bonds. The number of ether oxygens (including phenoxy) is 6. The maximum absolute atomic E-state index is 11.9. The normalized spacial score (nSPS) is 13.3. The van der Waals surface area contributed by atoms with Gasteiger partial charge in [-0.3, -0.25) is 0 Å². The lowest BCUT2D eigenvalue weighted by molar-refractivity contribution is 0.00578. The minimum atomic E-state index is -0.472. The van der Waals surface area contributed by atoms with E-state index < -0.39 is 18.3 Å². The van der Waals surface area contributed by atoms with Crippen molar-refractivity contribution in [3.8, 4) is 94.5 Å². The van der Waals surface area contributed by atoms with Gasteiger partial charge in [-0.1, -0.05) is 210 Å². The second kappa shape index (κ2) is 41.8. The first-order chi connectivity index (χ1) is 54.2. The van der Waals surface area contributed by atoms with Crippen molar-refractivity contribution in [3.05, 3.63) is 207 Å². The number of rotatable bonds is 33. The molecule has 2 N–H and O–H groups in total. The first-order valence-corrected chi connectivity index (χ1v) is 46.0. The van der Waals surface area contributed by atoms with Crippen LogP contribution in [0.4, 0.5) is 0 Å². The number of hydrogen-bond acceptors (Lipinski definition) is 13. The first-order valence-electron chi connectivity index (χ1n) is 41.2. The van der Waals surface area contributed by atoms with Gasteiger partial charge in [0.25, 0.3) is 0 Å². The topological polar surface area (TPSA) is 114 Å². The van der Waals surface area contributed by atoms with Crippen LogP contribution >= 0.6 is 79.2 Å². The molecule has 0 saturated carbocycles. The Morgan fingerprint density at radius 3 is 0.965 bits per heavy atom. The molecule has 11 rings (SSSR count). The van der Waals surface area contributed by atoms with E-state index in [2.05, 4.69) is 262 Å². The van der Waals surface area contributed by atoms with Gasteiger partial charge in [-0.25, -0.2) is 0 Å². The van der Waals surface area contributed by atoms with Crippen molar-refractivity contribution in [1.82, 2.24) is 0 Å². The second-order valence-corrected chi connectivity index (χ2v) is 38.6. The summed E-state index contributed by atoms with van der Waals surface area (Å²) in [5, 5.41) is 30.2. The number of halogens is 2. The lowest BCUT2D eigenvalue weighted by atomic mass is 9.80. The number of thiophene rings is 3. The SMILES string of the molecule is CC(C)c1cc(C(C)C)c(-c2csc(-c3ccccc3OCCCCOc3ccccc3-c3scc(-c4c(C(C)C)cc(C(C)C)cc4C(C)C)c3O)c2O)c(C(C)C)c1.CCOCOc1c(-c2c(C(C)C)cc(C(C)C)cc2C(C)C)csc1B1OC(C)(C)C(C)(C)O1.Ic1ccccc1OCCCCOc1ccccc1I. The highest BCUT2D eigenvalue weighted by molar-refractivity contribution is 14.1. The van der Waals surface area contributed by atoms with E-state index in [4.69, 9.17) is 37.7 Å². The van der Waals surface area contributed by atoms with Crippen LogP contribution in [0.25, 0.3) is 54.3 Å². The fraction of sp³-hybridized carbons (Fsp3) is 0.449. The second-order valence-electron chi connectivity index (χ2n) is 33.6. The van der Waals surface area contributed by atoms with Crippen molar-refractivity contribution in [3.63, 3.8) is 0 Å². The Kier molecular flexibility index (Phi) is 33.6. The molecule has 612 valence electrons. The summed E-state index contributed by atoms with van der Waals surface area (Å²) >= 11 is 9.37. The zero-order chi connectivity index (χ0) is 83.0. The van der Waals surface area contributed by atoms with Crippen LogP contribution in [0.1, 0.15) is 288 Å². The molecule has 114 heavy (non-hydrogen) atoms. The quantitative estimate of drug-likeness (QED) is 0.0178. The number of benzene rings is 7. The summed E-state index contributed by atoms with van der Waals surface area (Å²) < 4.78 is 52.4. The Bertz CT molecular complexity index is 4450. The summed E-state index contributed by atoms with van der Waals surface area (Å²) in [6, 6.07) is 46.3. The largest absolute Gasteiger partial charge is 0.509 e. The molecular formula is C98H125BI2O10S3. The molecule has 0 spiro atoms. The summed E-state index contributed by atoms with van der Waals surface area (Å²) in [5.74, 6) is 8.26. The van der Waals surface area contributed by atoms with E-state index in [1.807, 2.05) is 91.9 Å². The number of para-hydroxylation sites is 4. The summed E-state index contributed by atoms with van der Waals surface area (Å²) in [7, 11) is -0.472. The predicted molar refractivity (Wildman–Crippen MR) is 502 cm³/mol. The van der Waals surface area contributed by atoms with Crippen molar-refractivity contribution in [2.24, 2.45) is 0 Å². The molecule has 0 radical (unpaired) electrons. The van der Waals surface area contributed by atoms with E-state index in [1.54, 1.807) is 34.0 Å². The zero-order valence-corrected chi connectivity index (χ0v) is 78.7. The summed E-state index contributed by atoms with van der Waals surface area (Å²) in [6.07, 6.45) is 3.59. The van der Waals surface area contributed by atoms with Crippen LogP contribution in [0.3, 0.4) is 0 Å². The minimum Gasteiger partial charge on any atom is -0.506 e. The Labute approximate surface area is 723 Å². The van der Waals surface area contributed by atoms with Crippen LogP contribution in [0.5, 0.6) is 40.2 Å². The Hall–Kier alpha value is -6.36. The van der Waals surface area contributed by atoms with Gasteiger partial charge in [0, 0.05) is 50.6 Å². The van der Waals surface area contributed by atoms with Crippen LogP contribution in [0, 0.1) is 7.14 Å². The highest BCUT2D eigenvalue weighted by atomic mass is 127. The third-order valence-corrected chi connectivity index (χ3v) is 26.3. The number of unbranched alkanes of at least 4 members (excludes halogenated alkanes) is 2. The Morgan fingerprint density at radius 2 is 0.658 bits per heavy atom. The molecule has 0 unspecified atom stereocenters.